The van der Waals surface area contributed by atoms with Gasteiger partial charge in [0.25, 0.3) is 0 Å². The molecule has 6 unspecified atom stereocenters. The Morgan fingerprint density at radius 2 is 1.78 bits per heavy atom. The van der Waals surface area contributed by atoms with Crippen LogP contribution in [-0.2, 0) is 4.74 Å². The molecule has 1 aliphatic carbocycles. The number of morpholine rings is 1. The van der Waals surface area contributed by atoms with E-state index in [1.165, 1.54) is 19.3 Å². The van der Waals surface area contributed by atoms with Gasteiger partial charge < -0.3 is 9.84 Å². The molecule has 0 amide bonds. The molecule has 0 aromatic carbocycles. The van der Waals surface area contributed by atoms with Gasteiger partial charge in [-0.25, -0.2) is 0 Å². The first-order valence-electron chi connectivity index (χ1n) is 7.67. The minimum atomic E-state index is -0.0933. The molecule has 0 spiro atoms. The van der Waals surface area contributed by atoms with Crippen molar-refractivity contribution in [2.24, 2.45) is 17.8 Å². The fraction of sp³-hybridized carbons (Fsp3) is 1.00. The van der Waals surface area contributed by atoms with Crippen LogP contribution in [0.15, 0.2) is 0 Å². The van der Waals surface area contributed by atoms with E-state index in [0.29, 0.717) is 30.0 Å². The Bertz CT molecular complexity index is 272. The SMILES string of the molecule is CC1CC(C)C(CN2CC3CCC(C2)O3)C(O)C1. The largest absolute Gasteiger partial charge is 0.393 e. The van der Waals surface area contributed by atoms with Gasteiger partial charge in [0.2, 0.25) is 0 Å². The number of fused-ring (bicyclic) bond motifs is 2. The molecule has 6 atom stereocenters. The number of hydrogen-bond acceptors (Lipinski definition) is 3. The minimum Gasteiger partial charge on any atom is -0.393 e. The van der Waals surface area contributed by atoms with Crippen molar-refractivity contribution in [2.45, 2.75) is 57.8 Å². The lowest BCUT2D eigenvalue weighted by Crippen LogP contribution is -2.48. The number of likely N-dealkylation sites (tertiary alicyclic amines) is 1. The third kappa shape index (κ3) is 2.59. The molecule has 0 radical (unpaired) electrons. The lowest BCUT2D eigenvalue weighted by atomic mass is 9.73. The van der Waals surface area contributed by atoms with E-state index >= 15 is 0 Å². The molecule has 3 rings (SSSR count). The summed E-state index contributed by atoms with van der Waals surface area (Å²) in [6, 6.07) is 0. The molecule has 104 valence electrons. The molecule has 0 aromatic rings. The van der Waals surface area contributed by atoms with Crippen molar-refractivity contribution < 1.29 is 9.84 Å². The normalized spacial score (nSPS) is 49.5. The van der Waals surface area contributed by atoms with Crippen LogP contribution in [-0.4, -0.2) is 48.0 Å². The molecule has 3 nitrogen and oxygen atoms in total. The molecule has 2 saturated heterocycles. The van der Waals surface area contributed by atoms with Gasteiger partial charge in [0.1, 0.15) is 0 Å². The highest BCUT2D eigenvalue weighted by Gasteiger charge is 2.38. The van der Waals surface area contributed by atoms with Crippen LogP contribution in [0.2, 0.25) is 0 Å². The zero-order valence-electron chi connectivity index (χ0n) is 11.7. The van der Waals surface area contributed by atoms with Crippen LogP contribution in [0.4, 0.5) is 0 Å². The van der Waals surface area contributed by atoms with Crippen LogP contribution >= 0.6 is 0 Å². The van der Waals surface area contributed by atoms with Gasteiger partial charge >= 0.3 is 0 Å². The average Bonchev–Trinajstić information content (AvgIpc) is 2.63. The van der Waals surface area contributed by atoms with E-state index in [9.17, 15) is 5.11 Å². The molecule has 3 aliphatic rings. The topological polar surface area (TPSA) is 32.7 Å². The van der Waals surface area contributed by atoms with Crippen molar-refractivity contribution >= 4 is 0 Å². The zero-order chi connectivity index (χ0) is 12.7. The van der Waals surface area contributed by atoms with Crippen molar-refractivity contribution in [1.82, 2.24) is 4.90 Å². The van der Waals surface area contributed by atoms with Crippen LogP contribution in [0.1, 0.15) is 39.5 Å². The number of aliphatic hydroxyl groups is 1. The van der Waals surface area contributed by atoms with Gasteiger partial charge in [0, 0.05) is 25.6 Å². The van der Waals surface area contributed by atoms with E-state index in [2.05, 4.69) is 18.7 Å². The highest BCUT2D eigenvalue weighted by Crippen LogP contribution is 2.35. The van der Waals surface area contributed by atoms with E-state index in [4.69, 9.17) is 4.74 Å². The molecule has 18 heavy (non-hydrogen) atoms. The second kappa shape index (κ2) is 5.10. The molecule has 1 saturated carbocycles. The minimum absolute atomic E-state index is 0.0933. The van der Waals surface area contributed by atoms with Crippen LogP contribution in [0.25, 0.3) is 0 Å². The average molecular weight is 253 g/mol. The van der Waals surface area contributed by atoms with Crippen LogP contribution in [0.5, 0.6) is 0 Å². The molecule has 3 heteroatoms. The predicted molar refractivity (Wildman–Crippen MR) is 71.4 cm³/mol. The number of rotatable bonds is 2. The fourth-order valence-electron chi connectivity index (χ4n) is 4.32. The molecule has 2 bridgehead atoms. The van der Waals surface area contributed by atoms with Crippen molar-refractivity contribution in [2.75, 3.05) is 19.6 Å². The van der Waals surface area contributed by atoms with Gasteiger partial charge in [-0.05, 0) is 37.5 Å². The van der Waals surface area contributed by atoms with E-state index in [-0.39, 0.29) is 6.10 Å². The van der Waals surface area contributed by atoms with Crippen molar-refractivity contribution in [3.63, 3.8) is 0 Å². The maximum Gasteiger partial charge on any atom is 0.0707 e. The second-order valence-corrected chi connectivity index (χ2v) is 6.96. The Morgan fingerprint density at radius 3 is 2.39 bits per heavy atom. The molecule has 3 fully saturated rings. The Morgan fingerprint density at radius 1 is 1.11 bits per heavy atom. The third-order valence-corrected chi connectivity index (χ3v) is 5.23. The molecular weight excluding hydrogens is 226 g/mol. The molecule has 1 N–H and O–H groups in total. The molecule has 2 heterocycles. The Labute approximate surface area is 110 Å². The van der Waals surface area contributed by atoms with E-state index < -0.39 is 0 Å². The lowest BCUT2D eigenvalue weighted by Gasteiger charge is -2.41. The van der Waals surface area contributed by atoms with Gasteiger partial charge in [-0.15, -0.1) is 0 Å². The third-order valence-electron chi connectivity index (χ3n) is 5.23. The van der Waals surface area contributed by atoms with E-state index in [1.807, 2.05) is 0 Å². The summed E-state index contributed by atoms with van der Waals surface area (Å²) in [5, 5.41) is 10.3. The Hall–Kier alpha value is -0.120. The number of hydrogen-bond donors (Lipinski definition) is 1. The summed E-state index contributed by atoms with van der Waals surface area (Å²) in [5.74, 6) is 1.81. The Kier molecular flexibility index (Phi) is 3.65. The van der Waals surface area contributed by atoms with Crippen LogP contribution < -0.4 is 0 Å². The quantitative estimate of drug-likeness (QED) is 0.816. The van der Waals surface area contributed by atoms with Gasteiger partial charge in [0.05, 0.1) is 18.3 Å². The summed E-state index contributed by atoms with van der Waals surface area (Å²) in [4.78, 5) is 2.55. The molecule has 2 aliphatic heterocycles. The van der Waals surface area contributed by atoms with Crippen molar-refractivity contribution in [3.8, 4) is 0 Å². The van der Waals surface area contributed by atoms with E-state index in [1.54, 1.807) is 0 Å². The first-order chi connectivity index (χ1) is 8.61. The lowest BCUT2D eigenvalue weighted by molar-refractivity contribution is -0.0633. The summed E-state index contributed by atoms with van der Waals surface area (Å²) >= 11 is 0. The summed E-state index contributed by atoms with van der Waals surface area (Å²) < 4.78 is 5.88. The first-order valence-corrected chi connectivity index (χ1v) is 7.67. The summed E-state index contributed by atoms with van der Waals surface area (Å²) in [6.07, 6.45) is 5.59. The van der Waals surface area contributed by atoms with Crippen molar-refractivity contribution in [3.05, 3.63) is 0 Å². The molecular formula is C15H27NO2. The predicted octanol–water partition coefficient (Wildman–Crippen LogP) is 1.89. The van der Waals surface area contributed by atoms with E-state index in [0.717, 1.165) is 26.1 Å². The Balaban J connectivity index is 1.58. The van der Waals surface area contributed by atoms with Crippen LogP contribution in [0, 0.1) is 17.8 Å². The van der Waals surface area contributed by atoms with Crippen molar-refractivity contribution in [1.29, 1.82) is 0 Å². The highest BCUT2D eigenvalue weighted by molar-refractivity contribution is 4.89. The maximum atomic E-state index is 10.3. The number of ether oxygens (including phenoxy) is 1. The number of nitrogens with zero attached hydrogens (tertiary/aromatic N) is 1. The van der Waals surface area contributed by atoms with Gasteiger partial charge in [-0.2, -0.15) is 0 Å². The fourth-order valence-corrected chi connectivity index (χ4v) is 4.32. The van der Waals surface area contributed by atoms with Gasteiger partial charge in [0.15, 0.2) is 0 Å². The van der Waals surface area contributed by atoms with Crippen LogP contribution in [0.3, 0.4) is 0 Å². The molecule has 0 aromatic heterocycles. The summed E-state index contributed by atoms with van der Waals surface area (Å²) in [7, 11) is 0. The van der Waals surface area contributed by atoms with Gasteiger partial charge in [-0.1, -0.05) is 13.8 Å². The van der Waals surface area contributed by atoms with Gasteiger partial charge in [-0.3, -0.25) is 4.90 Å². The summed E-state index contributed by atoms with van der Waals surface area (Å²) in [6.45, 7) is 7.83. The highest BCUT2D eigenvalue weighted by atomic mass is 16.5. The maximum absolute atomic E-state index is 10.3. The standard InChI is InChI=1S/C15H27NO2/c1-10-5-11(2)14(15(17)6-10)9-16-7-12-3-4-13(8-16)18-12/h10-15,17H,3-9H2,1-2H3. The zero-order valence-corrected chi connectivity index (χ0v) is 11.7. The second-order valence-electron chi connectivity index (χ2n) is 6.96. The first kappa shape index (κ1) is 12.9. The smallest absolute Gasteiger partial charge is 0.0707 e. The monoisotopic (exact) mass is 253 g/mol. The number of aliphatic hydroxyl groups excluding tert-OH is 1. The summed E-state index contributed by atoms with van der Waals surface area (Å²) in [5.41, 5.74) is 0.